The van der Waals surface area contributed by atoms with E-state index >= 15 is 0 Å². The van der Waals surface area contributed by atoms with Crippen molar-refractivity contribution in [3.05, 3.63) is 0 Å². The zero-order valence-corrected chi connectivity index (χ0v) is 11.8. The highest BCUT2D eigenvalue weighted by Crippen LogP contribution is 2.16. The fourth-order valence-corrected chi connectivity index (χ4v) is 2.12. The molecule has 4 nitrogen and oxygen atoms in total. The third-order valence-electron chi connectivity index (χ3n) is 2.79. The van der Waals surface area contributed by atoms with Crippen LogP contribution < -0.4 is 5.73 Å². The van der Waals surface area contributed by atoms with E-state index in [9.17, 15) is 4.79 Å². The van der Waals surface area contributed by atoms with Gasteiger partial charge < -0.3 is 15.4 Å². The molecule has 1 rings (SSSR count). The van der Waals surface area contributed by atoms with Crippen LogP contribution in [-0.2, 0) is 9.53 Å². The topological polar surface area (TPSA) is 55.6 Å². The van der Waals surface area contributed by atoms with Crippen molar-refractivity contribution >= 4 is 18.3 Å². The molecule has 102 valence electrons. The quantitative estimate of drug-likeness (QED) is 0.836. The number of amides is 1. The Morgan fingerprint density at radius 1 is 1.47 bits per heavy atom. The van der Waals surface area contributed by atoms with Gasteiger partial charge in [0.05, 0.1) is 19.3 Å². The summed E-state index contributed by atoms with van der Waals surface area (Å²) in [5.41, 5.74) is 5.67. The highest BCUT2D eigenvalue weighted by Gasteiger charge is 2.27. The first-order valence-electron chi connectivity index (χ1n) is 6.13. The van der Waals surface area contributed by atoms with E-state index in [1.165, 1.54) is 0 Å². The highest BCUT2D eigenvalue weighted by molar-refractivity contribution is 5.85. The SMILES string of the molecule is CC(C)CC1COCCN1C(=O)CC(C)N.Cl. The molecule has 0 spiro atoms. The minimum absolute atomic E-state index is 0. The van der Waals surface area contributed by atoms with Crippen LogP contribution in [0.15, 0.2) is 0 Å². The lowest BCUT2D eigenvalue weighted by Gasteiger charge is -2.37. The molecule has 2 unspecified atom stereocenters. The van der Waals surface area contributed by atoms with Gasteiger partial charge >= 0.3 is 0 Å². The zero-order valence-electron chi connectivity index (χ0n) is 11.0. The smallest absolute Gasteiger partial charge is 0.224 e. The van der Waals surface area contributed by atoms with Crippen LogP contribution in [-0.4, -0.2) is 42.6 Å². The number of ether oxygens (including phenoxy) is 1. The van der Waals surface area contributed by atoms with Crippen molar-refractivity contribution in [2.75, 3.05) is 19.8 Å². The molecule has 0 bridgehead atoms. The predicted octanol–water partition coefficient (Wildman–Crippen LogP) is 1.42. The Kier molecular flexibility index (Phi) is 7.75. The van der Waals surface area contributed by atoms with Crippen molar-refractivity contribution in [1.82, 2.24) is 4.90 Å². The normalized spacial score (nSPS) is 22.2. The molecule has 1 saturated heterocycles. The van der Waals surface area contributed by atoms with Crippen LogP contribution in [0.1, 0.15) is 33.6 Å². The van der Waals surface area contributed by atoms with E-state index in [-0.39, 0.29) is 30.4 Å². The van der Waals surface area contributed by atoms with Gasteiger partial charge in [-0.2, -0.15) is 0 Å². The van der Waals surface area contributed by atoms with Gasteiger partial charge in [-0.1, -0.05) is 13.8 Å². The molecular formula is C12H25ClN2O2. The molecule has 2 N–H and O–H groups in total. The lowest BCUT2D eigenvalue weighted by Crippen LogP contribution is -2.50. The van der Waals surface area contributed by atoms with Gasteiger partial charge in [-0.3, -0.25) is 4.79 Å². The molecular weight excluding hydrogens is 240 g/mol. The van der Waals surface area contributed by atoms with Crippen LogP contribution in [0, 0.1) is 5.92 Å². The van der Waals surface area contributed by atoms with Crippen LogP contribution in [0.3, 0.4) is 0 Å². The molecule has 1 amide bonds. The summed E-state index contributed by atoms with van der Waals surface area (Å²) >= 11 is 0. The summed E-state index contributed by atoms with van der Waals surface area (Å²) in [4.78, 5) is 13.9. The van der Waals surface area contributed by atoms with Crippen LogP contribution in [0.5, 0.6) is 0 Å². The Morgan fingerprint density at radius 2 is 2.12 bits per heavy atom. The van der Waals surface area contributed by atoms with E-state index in [4.69, 9.17) is 10.5 Å². The molecule has 1 aliphatic heterocycles. The molecule has 1 fully saturated rings. The van der Waals surface area contributed by atoms with Crippen molar-refractivity contribution in [3.63, 3.8) is 0 Å². The molecule has 0 aromatic carbocycles. The van der Waals surface area contributed by atoms with Gasteiger partial charge in [-0.05, 0) is 19.3 Å². The maximum absolute atomic E-state index is 12.0. The maximum atomic E-state index is 12.0. The number of halogens is 1. The number of hydrogen-bond acceptors (Lipinski definition) is 3. The number of carbonyl (C=O) groups excluding carboxylic acids is 1. The van der Waals surface area contributed by atoms with Gasteiger partial charge in [0.1, 0.15) is 0 Å². The number of morpholine rings is 1. The third-order valence-corrected chi connectivity index (χ3v) is 2.79. The summed E-state index contributed by atoms with van der Waals surface area (Å²) in [6, 6.07) is 0.176. The first kappa shape index (κ1) is 16.7. The Bertz CT molecular complexity index is 235. The largest absolute Gasteiger partial charge is 0.377 e. The van der Waals surface area contributed by atoms with E-state index in [0.717, 1.165) is 6.42 Å². The van der Waals surface area contributed by atoms with Gasteiger partial charge in [0.25, 0.3) is 0 Å². The average Bonchev–Trinajstić information content (AvgIpc) is 2.16. The first-order chi connectivity index (χ1) is 7.50. The van der Waals surface area contributed by atoms with E-state index in [1.807, 2.05) is 11.8 Å². The van der Waals surface area contributed by atoms with E-state index in [2.05, 4.69) is 13.8 Å². The Hall–Kier alpha value is -0.320. The van der Waals surface area contributed by atoms with Gasteiger partial charge in [-0.15, -0.1) is 12.4 Å². The van der Waals surface area contributed by atoms with Crippen molar-refractivity contribution in [2.24, 2.45) is 11.7 Å². The third kappa shape index (κ3) is 5.70. The van der Waals surface area contributed by atoms with Gasteiger partial charge in [-0.25, -0.2) is 0 Å². The van der Waals surface area contributed by atoms with E-state index in [0.29, 0.717) is 32.1 Å². The van der Waals surface area contributed by atoms with Gasteiger partial charge in [0, 0.05) is 19.0 Å². The molecule has 0 saturated carbocycles. The minimum atomic E-state index is -0.0601. The number of rotatable bonds is 4. The lowest BCUT2D eigenvalue weighted by molar-refractivity contribution is -0.140. The van der Waals surface area contributed by atoms with E-state index in [1.54, 1.807) is 0 Å². The molecule has 1 aliphatic rings. The van der Waals surface area contributed by atoms with Crippen molar-refractivity contribution < 1.29 is 9.53 Å². The molecule has 5 heteroatoms. The molecule has 1 heterocycles. The fourth-order valence-electron chi connectivity index (χ4n) is 2.12. The van der Waals surface area contributed by atoms with Crippen LogP contribution in [0.2, 0.25) is 0 Å². The van der Waals surface area contributed by atoms with Crippen molar-refractivity contribution in [3.8, 4) is 0 Å². The number of nitrogens with two attached hydrogens (primary N) is 1. The first-order valence-corrected chi connectivity index (χ1v) is 6.13. The summed E-state index contributed by atoms with van der Waals surface area (Å²) in [6.45, 7) is 8.24. The summed E-state index contributed by atoms with van der Waals surface area (Å²) in [7, 11) is 0. The minimum Gasteiger partial charge on any atom is -0.377 e. The molecule has 0 aromatic rings. The average molecular weight is 265 g/mol. The summed E-state index contributed by atoms with van der Waals surface area (Å²) in [6.07, 6.45) is 1.44. The Morgan fingerprint density at radius 3 is 2.65 bits per heavy atom. The van der Waals surface area contributed by atoms with Gasteiger partial charge in [0.2, 0.25) is 5.91 Å². The predicted molar refractivity (Wildman–Crippen MR) is 71.3 cm³/mol. The van der Waals surface area contributed by atoms with Crippen LogP contribution in [0.4, 0.5) is 0 Å². The van der Waals surface area contributed by atoms with Crippen LogP contribution in [0.25, 0.3) is 0 Å². The number of carbonyl (C=O) groups is 1. The lowest BCUT2D eigenvalue weighted by atomic mass is 10.0. The maximum Gasteiger partial charge on any atom is 0.224 e. The number of hydrogen-bond donors (Lipinski definition) is 1. The second-order valence-electron chi connectivity index (χ2n) is 5.13. The van der Waals surface area contributed by atoms with Crippen molar-refractivity contribution in [1.29, 1.82) is 0 Å². The monoisotopic (exact) mass is 264 g/mol. The molecule has 0 radical (unpaired) electrons. The fraction of sp³-hybridized carbons (Fsp3) is 0.917. The molecule has 2 atom stereocenters. The Balaban J connectivity index is 0.00000256. The zero-order chi connectivity index (χ0) is 12.1. The van der Waals surface area contributed by atoms with Crippen molar-refractivity contribution in [2.45, 2.75) is 45.7 Å². The van der Waals surface area contributed by atoms with Gasteiger partial charge in [0.15, 0.2) is 0 Å². The van der Waals surface area contributed by atoms with E-state index < -0.39 is 0 Å². The summed E-state index contributed by atoms with van der Waals surface area (Å²) in [5, 5.41) is 0. The number of nitrogens with zero attached hydrogens (tertiary/aromatic N) is 1. The summed E-state index contributed by atoms with van der Waals surface area (Å²) in [5.74, 6) is 0.751. The second kappa shape index (κ2) is 7.90. The Labute approximate surface area is 110 Å². The standard InChI is InChI=1S/C12H24N2O2.ClH/c1-9(2)6-11-8-16-5-4-14(11)12(15)7-10(3)13;/h9-11H,4-8,13H2,1-3H3;1H. The molecule has 0 aliphatic carbocycles. The summed E-state index contributed by atoms with van der Waals surface area (Å²) < 4.78 is 5.44. The molecule has 0 aromatic heterocycles. The molecule has 17 heavy (non-hydrogen) atoms. The highest BCUT2D eigenvalue weighted by atomic mass is 35.5. The van der Waals surface area contributed by atoms with Crippen LogP contribution >= 0.6 is 12.4 Å². The second-order valence-corrected chi connectivity index (χ2v) is 5.13.